The summed E-state index contributed by atoms with van der Waals surface area (Å²) in [6.45, 7) is 7.37. The molecule has 7 rings (SSSR count). The molecule has 1 aromatic carbocycles. The first kappa shape index (κ1) is 37.1. The largest absolute Gasteiger partial charge is 0.471 e. The van der Waals surface area contributed by atoms with E-state index in [4.69, 9.17) is 4.74 Å². The maximum Gasteiger partial charge on any atom is 0.272 e. The van der Waals surface area contributed by atoms with Gasteiger partial charge in [-0.15, -0.1) is 0 Å². The van der Waals surface area contributed by atoms with Crippen molar-refractivity contribution >= 4 is 44.7 Å². The van der Waals surface area contributed by atoms with Crippen LogP contribution in [0.15, 0.2) is 48.6 Å². The lowest BCUT2D eigenvalue weighted by Crippen LogP contribution is -2.70. The fourth-order valence-corrected chi connectivity index (χ4v) is 8.85. The summed E-state index contributed by atoms with van der Waals surface area (Å²) in [6, 6.07) is 3.69. The van der Waals surface area contributed by atoms with Crippen LogP contribution >= 0.6 is 0 Å². The monoisotopic (exact) mass is 762 g/mol. The summed E-state index contributed by atoms with van der Waals surface area (Å²) in [5, 5.41) is 11.7. The predicted octanol–water partition coefficient (Wildman–Crippen LogP) is 2.82. The van der Waals surface area contributed by atoms with Crippen molar-refractivity contribution in [2.75, 3.05) is 6.54 Å². The van der Waals surface area contributed by atoms with Crippen molar-refractivity contribution < 1.29 is 36.7 Å². The van der Waals surface area contributed by atoms with Crippen molar-refractivity contribution in [1.82, 2.24) is 40.4 Å². The molecule has 2 aliphatic carbocycles. The topological polar surface area (TPSA) is 205 Å². The van der Waals surface area contributed by atoms with Crippen molar-refractivity contribution in [1.29, 1.82) is 0 Å². The van der Waals surface area contributed by atoms with E-state index in [0.29, 0.717) is 54.6 Å². The van der Waals surface area contributed by atoms with E-state index in [0.717, 1.165) is 6.42 Å². The van der Waals surface area contributed by atoms with Gasteiger partial charge in [0.15, 0.2) is 5.82 Å². The summed E-state index contributed by atoms with van der Waals surface area (Å²) in [4.78, 5) is 66.5. The number of nitrogens with zero attached hydrogens (tertiary/aromatic N) is 4. The van der Waals surface area contributed by atoms with Gasteiger partial charge in [-0.25, -0.2) is 22.8 Å². The molecule has 3 fully saturated rings. The van der Waals surface area contributed by atoms with Gasteiger partial charge in [-0.3, -0.25) is 29.0 Å². The number of sulfonamides is 1. The third-order valence-electron chi connectivity index (χ3n) is 10.6. The third-order valence-corrected chi connectivity index (χ3v) is 12.4. The standard InChI is InChI=1S/C37H43FN8O7S/c1-20-18-37(36(50)45-54(51,52)24-14-15-24)25(20)10-7-5-4-6-8-12-28(40-32(47)29-16-21(2)43-44-29)35(49)46-19-23(17-30(46)33(48)42-37)53-34-22(3)39-27-13-9-11-26(38)31(27)41-34/h7,9-11,13,16,23-25,28,30H,1,4-6,8,12,14-15,17-19H2,2-3H3,(H,40,47)(H,42,48)(H,43,44)(H,45,50). The number of aromatic nitrogens is 4. The maximum atomic E-state index is 14.7. The van der Waals surface area contributed by atoms with E-state index < -0.39 is 74.4 Å². The summed E-state index contributed by atoms with van der Waals surface area (Å²) < 4.78 is 49.1. The first-order valence-corrected chi connectivity index (χ1v) is 19.8. The molecule has 4 aliphatic rings. The summed E-state index contributed by atoms with van der Waals surface area (Å²) >= 11 is 0. The number of allylic oxidation sites excluding steroid dienone is 1. The van der Waals surface area contributed by atoms with Crippen LogP contribution < -0.4 is 20.1 Å². The quantitative estimate of drug-likeness (QED) is 0.259. The van der Waals surface area contributed by atoms with Gasteiger partial charge in [0, 0.05) is 24.5 Å². The van der Waals surface area contributed by atoms with E-state index in [2.05, 4.69) is 42.1 Å². The summed E-state index contributed by atoms with van der Waals surface area (Å²) in [5.41, 5.74) is 0.397. The van der Waals surface area contributed by atoms with Crippen LogP contribution in [0.25, 0.3) is 11.0 Å². The molecule has 0 bridgehead atoms. The number of ether oxygens (including phenoxy) is 1. The molecule has 17 heteroatoms. The van der Waals surface area contributed by atoms with Gasteiger partial charge in [0.25, 0.3) is 11.8 Å². The van der Waals surface area contributed by atoms with E-state index in [-0.39, 0.29) is 42.9 Å². The first-order valence-electron chi connectivity index (χ1n) is 18.2. The Kier molecular flexibility index (Phi) is 10.0. The molecule has 4 amide bonds. The number of nitrogens with one attached hydrogen (secondary N) is 4. The van der Waals surface area contributed by atoms with Gasteiger partial charge in [-0.2, -0.15) is 5.10 Å². The Balaban J connectivity index is 1.23. The van der Waals surface area contributed by atoms with Crippen molar-refractivity contribution in [2.24, 2.45) is 5.92 Å². The number of H-pyrrole nitrogens is 1. The summed E-state index contributed by atoms with van der Waals surface area (Å²) in [6.07, 6.45) is 6.56. The maximum absolute atomic E-state index is 14.7. The van der Waals surface area contributed by atoms with Crippen LogP contribution in [-0.4, -0.2) is 92.6 Å². The number of para-hydroxylation sites is 1. The number of amides is 4. The smallest absolute Gasteiger partial charge is 0.272 e. The Morgan fingerprint density at radius 3 is 2.63 bits per heavy atom. The van der Waals surface area contributed by atoms with E-state index in [9.17, 15) is 32.0 Å². The number of fused-ring (bicyclic) bond motifs is 3. The molecular formula is C37H43FN8O7S. The molecule has 2 aromatic heterocycles. The Morgan fingerprint density at radius 2 is 1.91 bits per heavy atom. The van der Waals surface area contributed by atoms with E-state index in [1.807, 2.05) is 6.08 Å². The molecule has 286 valence electrons. The minimum Gasteiger partial charge on any atom is -0.471 e. The van der Waals surface area contributed by atoms with E-state index in [1.54, 1.807) is 32.1 Å². The molecule has 2 aliphatic heterocycles. The first-order chi connectivity index (χ1) is 25.8. The normalized spacial score (nSPS) is 26.5. The van der Waals surface area contributed by atoms with Gasteiger partial charge >= 0.3 is 0 Å². The van der Waals surface area contributed by atoms with Crippen molar-refractivity contribution in [3.8, 4) is 5.88 Å². The number of hydrogen-bond acceptors (Lipinski definition) is 10. The number of aryl methyl sites for hydroxylation is 2. The highest BCUT2D eigenvalue weighted by Gasteiger charge is 2.58. The average molecular weight is 763 g/mol. The second-order valence-corrected chi connectivity index (χ2v) is 16.6. The molecule has 5 unspecified atom stereocenters. The molecular weight excluding hydrogens is 720 g/mol. The van der Waals surface area contributed by atoms with Gasteiger partial charge in [-0.1, -0.05) is 43.2 Å². The van der Waals surface area contributed by atoms with Gasteiger partial charge in [-0.05, 0) is 64.2 Å². The van der Waals surface area contributed by atoms with Gasteiger partial charge in [0.05, 0.1) is 17.3 Å². The van der Waals surface area contributed by atoms with Gasteiger partial charge < -0.3 is 20.3 Å². The van der Waals surface area contributed by atoms with Crippen LogP contribution in [0.4, 0.5) is 4.39 Å². The minimum absolute atomic E-state index is 0.00504. The number of hydrogen-bond donors (Lipinski definition) is 4. The van der Waals surface area contributed by atoms with Crippen LogP contribution in [0.3, 0.4) is 0 Å². The minimum atomic E-state index is -3.97. The summed E-state index contributed by atoms with van der Waals surface area (Å²) in [5.74, 6) is -3.98. The lowest BCUT2D eigenvalue weighted by Gasteiger charge is -2.49. The zero-order valence-electron chi connectivity index (χ0n) is 30.1. The molecule has 4 heterocycles. The molecule has 5 atom stereocenters. The molecule has 15 nitrogen and oxygen atoms in total. The Labute approximate surface area is 311 Å². The number of benzene rings is 1. The zero-order valence-corrected chi connectivity index (χ0v) is 30.9. The van der Waals surface area contributed by atoms with Gasteiger partial charge in [0.2, 0.25) is 27.7 Å². The SMILES string of the molecule is C=C1CC2(C(=O)NS(=O)(=O)C3CC3)NC(=O)C3CC(Oc4nc5c(F)cccc5nc4C)CN3C(=O)C(NC(=O)c3cc(C)[nH]n3)CCCCCC=CC12. The molecule has 0 spiro atoms. The van der Waals surface area contributed by atoms with Crippen LogP contribution in [0.2, 0.25) is 0 Å². The molecule has 4 N–H and O–H groups in total. The third kappa shape index (κ3) is 7.32. The van der Waals surface area contributed by atoms with Crippen LogP contribution in [0.1, 0.15) is 79.7 Å². The number of carbonyl (C=O) groups excluding carboxylic acids is 4. The molecule has 0 radical (unpaired) electrons. The second-order valence-electron chi connectivity index (χ2n) is 14.7. The van der Waals surface area contributed by atoms with Crippen LogP contribution in [0.5, 0.6) is 5.88 Å². The second kappa shape index (κ2) is 14.6. The van der Waals surface area contributed by atoms with Gasteiger partial charge in [0.1, 0.15) is 40.6 Å². The average Bonchev–Trinajstić information content (AvgIpc) is 3.78. The lowest BCUT2D eigenvalue weighted by atomic mass is 9.62. The van der Waals surface area contributed by atoms with Crippen molar-refractivity contribution in [3.63, 3.8) is 0 Å². The number of carbonyl (C=O) groups is 4. The highest BCUT2D eigenvalue weighted by molar-refractivity contribution is 7.91. The highest BCUT2D eigenvalue weighted by Crippen LogP contribution is 2.45. The highest BCUT2D eigenvalue weighted by atomic mass is 32.2. The molecule has 3 aromatic rings. The van der Waals surface area contributed by atoms with Crippen molar-refractivity contribution in [2.45, 2.75) is 101 Å². The fraction of sp³-hybridized carbons (Fsp3) is 0.486. The number of rotatable bonds is 7. The Hall–Kier alpha value is -5.19. The Bertz CT molecular complexity index is 2170. The summed E-state index contributed by atoms with van der Waals surface area (Å²) in [7, 11) is -3.97. The zero-order chi connectivity index (χ0) is 38.4. The van der Waals surface area contributed by atoms with E-state index in [1.165, 1.54) is 17.0 Å². The number of halogens is 1. The predicted molar refractivity (Wildman–Crippen MR) is 194 cm³/mol. The number of aromatic amines is 1. The molecule has 54 heavy (non-hydrogen) atoms. The van der Waals surface area contributed by atoms with Crippen LogP contribution in [0, 0.1) is 25.6 Å². The lowest BCUT2D eigenvalue weighted by molar-refractivity contribution is -0.143. The van der Waals surface area contributed by atoms with E-state index >= 15 is 0 Å². The van der Waals surface area contributed by atoms with Crippen molar-refractivity contribution in [3.05, 3.63) is 71.5 Å². The Morgan fingerprint density at radius 1 is 1.11 bits per heavy atom. The van der Waals surface area contributed by atoms with Crippen LogP contribution in [-0.2, 0) is 24.4 Å². The fourth-order valence-electron chi connectivity index (χ4n) is 7.49. The molecule has 2 saturated carbocycles. The molecule has 1 saturated heterocycles.